The Balaban J connectivity index is 2.24. The molecule has 0 bridgehead atoms. The highest BCUT2D eigenvalue weighted by Crippen LogP contribution is 2.47. The third-order valence-electron chi connectivity index (χ3n) is 5.16. The molecule has 0 aliphatic carbocycles. The Morgan fingerprint density at radius 3 is 1.71 bits per heavy atom. The molecule has 4 rings (SSSR count). The van der Waals surface area contributed by atoms with Gasteiger partial charge in [0.2, 0.25) is 0 Å². The second-order valence-electron chi connectivity index (χ2n) is 7.21. The van der Waals surface area contributed by atoms with Crippen molar-refractivity contribution in [3.05, 3.63) is 90.5 Å². The van der Waals surface area contributed by atoms with Gasteiger partial charge in [-0.2, -0.15) is 21.6 Å². The standard InChI is InChI=1S/C25H17F3O5S/c1-32-24(29)22-21(17-12-6-3-7-13-17)20(16-10-4-2-5-11-16)18-14-8-9-15-19(18)23(22)33-34(30,31)25(26,27)28/h2-15H,1H3. The Labute approximate surface area is 193 Å². The number of esters is 1. The monoisotopic (exact) mass is 486 g/mol. The first-order valence-electron chi connectivity index (χ1n) is 9.94. The predicted molar refractivity (Wildman–Crippen MR) is 122 cm³/mol. The molecule has 0 aromatic heterocycles. The number of benzene rings is 4. The summed E-state index contributed by atoms with van der Waals surface area (Å²) >= 11 is 0. The lowest BCUT2D eigenvalue weighted by Gasteiger charge is -2.22. The van der Waals surface area contributed by atoms with E-state index in [0.717, 1.165) is 7.11 Å². The zero-order chi connectivity index (χ0) is 24.5. The third-order valence-corrected chi connectivity index (χ3v) is 6.11. The van der Waals surface area contributed by atoms with Crippen molar-refractivity contribution in [2.24, 2.45) is 0 Å². The lowest BCUT2D eigenvalue weighted by molar-refractivity contribution is -0.0500. The van der Waals surface area contributed by atoms with Crippen molar-refractivity contribution >= 4 is 26.9 Å². The smallest absolute Gasteiger partial charge is 0.465 e. The molecular weight excluding hydrogens is 469 g/mol. The molecule has 0 radical (unpaired) electrons. The minimum atomic E-state index is -6.09. The zero-order valence-corrected chi connectivity index (χ0v) is 18.5. The van der Waals surface area contributed by atoms with Crippen molar-refractivity contribution in [3.8, 4) is 28.0 Å². The van der Waals surface area contributed by atoms with Crippen molar-refractivity contribution < 1.29 is 35.3 Å². The van der Waals surface area contributed by atoms with Gasteiger partial charge in [-0.3, -0.25) is 0 Å². The Bertz CT molecular complexity index is 1470. The first kappa shape index (κ1) is 23.3. The van der Waals surface area contributed by atoms with Gasteiger partial charge in [0.1, 0.15) is 5.56 Å². The second kappa shape index (κ2) is 8.83. The Hall–Kier alpha value is -3.85. The van der Waals surface area contributed by atoms with Crippen LogP contribution in [0.3, 0.4) is 0 Å². The predicted octanol–water partition coefficient (Wildman–Crippen LogP) is 6.19. The molecular formula is C25H17F3O5S. The second-order valence-corrected chi connectivity index (χ2v) is 8.74. The summed E-state index contributed by atoms with van der Waals surface area (Å²) in [5.74, 6) is -1.80. The summed E-state index contributed by atoms with van der Waals surface area (Å²) < 4.78 is 73.4. The maximum atomic E-state index is 13.3. The summed E-state index contributed by atoms with van der Waals surface area (Å²) in [6.45, 7) is 0. The van der Waals surface area contributed by atoms with Crippen LogP contribution in [0.5, 0.6) is 5.75 Å². The Morgan fingerprint density at radius 2 is 1.21 bits per heavy atom. The molecule has 0 atom stereocenters. The van der Waals surface area contributed by atoms with Crippen molar-refractivity contribution in [3.63, 3.8) is 0 Å². The topological polar surface area (TPSA) is 69.7 Å². The summed E-state index contributed by atoms with van der Waals surface area (Å²) in [7, 11) is -5.04. The first-order valence-corrected chi connectivity index (χ1v) is 11.3. The molecule has 0 aliphatic heterocycles. The van der Waals surface area contributed by atoms with Crippen LogP contribution in [0, 0.1) is 0 Å². The number of carbonyl (C=O) groups is 1. The number of ether oxygens (including phenoxy) is 1. The molecule has 4 aromatic rings. The lowest BCUT2D eigenvalue weighted by Crippen LogP contribution is -2.29. The Morgan fingerprint density at radius 1 is 0.735 bits per heavy atom. The van der Waals surface area contributed by atoms with Crippen LogP contribution in [0.15, 0.2) is 84.9 Å². The fourth-order valence-corrected chi connectivity index (χ4v) is 4.23. The van der Waals surface area contributed by atoms with E-state index in [1.807, 2.05) is 0 Å². The number of methoxy groups -OCH3 is 1. The quantitative estimate of drug-likeness (QED) is 0.191. The van der Waals surface area contributed by atoms with Crippen LogP contribution in [0.2, 0.25) is 0 Å². The number of hydrogen-bond acceptors (Lipinski definition) is 5. The number of hydrogen-bond donors (Lipinski definition) is 0. The van der Waals surface area contributed by atoms with Crippen molar-refractivity contribution in [1.29, 1.82) is 0 Å². The van der Waals surface area contributed by atoms with Crippen LogP contribution in [0.25, 0.3) is 33.0 Å². The fourth-order valence-electron chi connectivity index (χ4n) is 3.75. The SMILES string of the molecule is COC(=O)c1c(-c2ccccc2)c(-c2ccccc2)c2ccccc2c1OS(=O)(=O)C(F)(F)F. The molecule has 0 spiro atoms. The highest BCUT2D eigenvalue weighted by molar-refractivity contribution is 7.88. The van der Waals surface area contributed by atoms with Crippen molar-refractivity contribution in [2.75, 3.05) is 7.11 Å². The normalized spacial score (nSPS) is 11.9. The van der Waals surface area contributed by atoms with Crippen LogP contribution in [-0.4, -0.2) is 27.0 Å². The van der Waals surface area contributed by atoms with Gasteiger partial charge in [-0.25, -0.2) is 4.79 Å². The number of halogens is 3. The van der Waals surface area contributed by atoms with E-state index < -0.39 is 32.9 Å². The van der Waals surface area contributed by atoms with Crippen LogP contribution in [0.4, 0.5) is 13.2 Å². The zero-order valence-electron chi connectivity index (χ0n) is 17.7. The van der Waals surface area contributed by atoms with Crippen LogP contribution in [0.1, 0.15) is 10.4 Å². The van der Waals surface area contributed by atoms with E-state index >= 15 is 0 Å². The minimum Gasteiger partial charge on any atom is -0.465 e. The third kappa shape index (κ3) is 4.10. The van der Waals surface area contributed by atoms with Gasteiger partial charge in [-0.1, -0.05) is 84.9 Å². The van der Waals surface area contributed by atoms with Gasteiger partial charge in [-0.05, 0) is 22.1 Å². The molecule has 0 fully saturated rings. The van der Waals surface area contributed by atoms with Crippen LogP contribution in [-0.2, 0) is 14.9 Å². The number of carbonyl (C=O) groups excluding carboxylic acids is 1. The molecule has 174 valence electrons. The van der Waals surface area contributed by atoms with Gasteiger partial charge in [0.05, 0.1) is 7.11 Å². The maximum Gasteiger partial charge on any atom is 0.534 e. The molecule has 0 heterocycles. The molecule has 0 unspecified atom stereocenters. The van der Waals surface area contributed by atoms with E-state index in [1.165, 1.54) is 12.1 Å². The molecule has 5 nitrogen and oxygen atoms in total. The van der Waals surface area contributed by atoms with E-state index in [0.29, 0.717) is 22.1 Å². The Kier molecular flexibility index (Phi) is 6.05. The van der Waals surface area contributed by atoms with Gasteiger partial charge in [0.25, 0.3) is 0 Å². The average Bonchev–Trinajstić information content (AvgIpc) is 2.83. The van der Waals surface area contributed by atoms with E-state index in [9.17, 15) is 26.4 Å². The van der Waals surface area contributed by atoms with E-state index in [2.05, 4.69) is 4.18 Å². The van der Waals surface area contributed by atoms with Crippen molar-refractivity contribution in [1.82, 2.24) is 0 Å². The number of fused-ring (bicyclic) bond motifs is 1. The van der Waals surface area contributed by atoms with E-state index in [-0.39, 0.29) is 10.9 Å². The van der Waals surface area contributed by atoms with E-state index in [1.54, 1.807) is 72.8 Å². The molecule has 4 aromatic carbocycles. The average molecular weight is 486 g/mol. The van der Waals surface area contributed by atoms with Crippen molar-refractivity contribution in [2.45, 2.75) is 5.51 Å². The fraction of sp³-hybridized carbons (Fsp3) is 0.0800. The molecule has 34 heavy (non-hydrogen) atoms. The van der Waals surface area contributed by atoms with Crippen LogP contribution >= 0.6 is 0 Å². The summed E-state index contributed by atoms with van der Waals surface area (Å²) in [6, 6.07) is 23.5. The number of alkyl halides is 3. The largest absolute Gasteiger partial charge is 0.534 e. The summed E-state index contributed by atoms with van der Waals surface area (Å²) in [4.78, 5) is 13.0. The van der Waals surface area contributed by atoms with Crippen LogP contribution < -0.4 is 4.18 Å². The molecule has 0 N–H and O–H groups in total. The molecule has 0 saturated carbocycles. The van der Waals surface area contributed by atoms with Gasteiger partial charge in [-0.15, -0.1) is 0 Å². The molecule has 9 heteroatoms. The van der Waals surface area contributed by atoms with Gasteiger partial charge >= 0.3 is 21.6 Å². The highest BCUT2D eigenvalue weighted by Gasteiger charge is 2.49. The van der Waals surface area contributed by atoms with E-state index in [4.69, 9.17) is 4.74 Å². The lowest BCUT2D eigenvalue weighted by atomic mass is 9.85. The van der Waals surface area contributed by atoms with Gasteiger partial charge < -0.3 is 8.92 Å². The molecule has 0 aliphatic rings. The highest BCUT2D eigenvalue weighted by atomic mass is 32.2. The summed E-state index contributed by atoms with van der Waals surface area (Å²) in [6.07, 6.45) is 0. The first-order chi connectivity index (χ1) is 16.2. The van der Waals surface area contributed by atoms with Gasteiger partial charge in [0, 0.05) is 10.9 Å². The summed E-state index contributed by atoms with van der Waals surface area (Å²) in [5.41, 5.74) is -4.31. The molecule has 0 amide bonds. The minimum absolute atomic E-state index is 0.00857. The molecule has 0 saturated heterocycles. The van der Waals surface area contributed by atoms with Gasteiger partial charge in [0.15, 0.2) is 5.75 Å². The number of rotatable bonds is 5. The maximum absolute atomic E-state index is 13.3. The summed E-state index contributed by atoms with van der Waals surface area (Å²) in [5, 5.41) is 0.404.